The molecule has 1 rings (SSSR count). The molecule has 0 aliphatic carbocycles. The van der Waals surface area contributed by atoms with Gasteiger partial charge in [0.25, 0.3) is 0 Å². The average Bonchev–Trinajstić information content (AvgIpc) is 2.14. The van der Waals surface area contributed by atoms with Gasteiger partial charge in [0.1, 0.15) is 0 Å². The van der Waals surface area contributed by atoms with E-state index in [1.807, 2.05) is 0 Å². The van der Waals surface area contributed by atoms with Gasteiger partial charge < -0.3 is 4.74 Å². The predicted molar refractivity (Wildman–Crippen MR) is 52.5 cm³/mol. The highest BCUT2D eigenvalue weighted by atomic mass is 32.2. The number of hydrogen-bond donors (Lipinski definition) is 1. The molecule has 14 heavy (non-hydrogen) atoms. The SMILES string of the molecule is COc1cc(CNS(C)(=O)=O)ccn1. The van der Waals surface area contributed by atoms with Crippen molar-refractivity contribution >= 4 is 10.0 Å². The number of nitrogens with one attached hydrogen (secondary N) is 1. The van der Waals surface area contributed by atoms with Crippen molar-refractivity contribution in [1.82, 2.24) is 9.71 Å². The molecule has 0 spiro atoms. The second-order valence-corrected chi connectivity index (χ2v) is 4.63. The van der Waals surface area contributed by atoms with Gasteiger partial charge in [-0.25, -0.2) is 18.1 Å². The second-order valence-electron chi connectivity index (χ2n) is 2.80. The molecule has 6 heteroatoms. The highest BCUT2D eigenvalue weighted by Gasteiger charge is 2.01. The summed E-state index contributed by atoms with van der Waals surface area (Å²) in [6.07, 6.45) is 2.68. The molecule has 0 aliphatic rings. The van der Waals surface area contributed by atoms with Gasteiger partial charge in [0.05, 0.1) is 13.4 Å². The number of hydrogen-bond acceptors (Lipinski definition) is 4. The number of aromatic nitrogens is 1. The van der Waals surface area contributed by atoms with Gasteiger partial charge in [0, 0.05) is 18.8 Å². The minimum Gasteiger partial charge on any atom is -0.481 e. The van der Waals surface area contributed by atoms with Crippen LogP contribution >= 0.6 is 0 Å². The number of sulfonamides is 1. The van der Waals surface area contributed by atoms with Crippen molar-refractivity contribution in [3.63, 3.8) is 0 Å². The van der Waals surface area contributed by atoms with Gasteiger partial charge in [0.15, 0.2) is 0 Å². The van der Waals surface area contributed by atoms with E-state index in [1.54, 1.807) is 18.3 Å². The highest BCUT2D eigenvalue weighted by molar-refractivity contribution is 7.88. The van der Waals surface area contributed by atoms with Crippen LogP contribution in [0.2, 0.25) is 0 Å². The molecule has 1 heterocycles. The third-order valence-electron chi connectivity index (χ3n) is 1.55. The van der Waals surface area contributed by atoms with Gasteiger partial charge in [-0.15, -0.1) is 0 Å². The maximum atomic E-state index is 10.8. The zero-order valence-electron chi connectivity index (χ0n) is 8.02. The number of methoxy groups -OCH3 is 1. The van der Waals surface area contributed by atoms with Crippen LogP contribution in [0, 0.1) is 0 Å². The monoisotopic (exact) mass is 216 g/mol. The van der Waals surface area contributed by atoms with Crippen molar-refractivity contribution in [2.75, 3.05) is 13.4 Å². The molecule has 0 atom stereocenters. The lowest BCUT2D eigenvalue weighted by atomic mass is 10.3. The summed E-state index contributed by atoms with van der Waals surface area (Å²) < 4.78 is 28.9. The zero-order valence-corrected chi connectivity index (χ0v) is 8.84. The lowest BCUT2D eigenvalue weighted by Crippen LogP contribution is -2.21. The summed E-state index contributed by atoms with van der Waals surface area (Å²) in [6.45, 7) is 0.248. The first-order valence-electron chi connectivity index (χ1n) is 3.95. The molecule has 0 amide bonds. The maximum Gasteiger partial charge on any atom is 0.213 e. The molecular formula is C8H12N2O3S. The number of ether oxygens (including phenoxy) is 1. The topological polar surface area (TPSA) is 68.3 Å². The number of pyridine rings is 1. The molecule has 0 bridgehead atoms. The molecule has 78 valence electrons. The van der Waals surface area contributed by atoms with Crippen molar-refractivity contribution in [2.45, 2.75) is 6.54 Å². The van der Waals surface area contributed by atoms with Crippen LogP contribution in [-0.4, -0.2) is 26.8 Å². The maximum absolute atomic E-state index is 10.8. The zero-order chi connectivity index (χ0) is 10.6. The fourth-order valence-electron chi connectivity index (χ4n) is 0.886. The van der Waals surface area contributed by atoms with Gasteiger partial charge in [-0.1, -0.05) is 0 Å². The van der Waals surface area contributed by atoms with Crippen LogP contribution in [-0.2, 0) is 16.6 Å². The van der Waals surface area contributed by atoms with Crippen molar-refractivity contribution in [3.8, 4) is 5.88 Å². The van der Waals surface area contributed by atoms with Crippen molar-refractivity contribution in [2.24, 2.45) is 0 Å². The van der Waals surface area contributed by atoms with E-state index in [0.29, 0.717) is 5.88 Å². The minimum atomic E-state index is -3.15. The highest BCUT2D eigenvalue weighted by Crippen LogP contribution is 2.08. The van der Waals surface area contributed by atoms with Gasteiger partial charge >= 0.3 is 0 Å². The van der Waals surface area contributed by atoms with E-state index in [9.17, 15) is 8.42 Å². The van der Waals surface area contributed by atoms with Gasteiger partial charge in [-0.2, -0.15) is 0 Å². The molecule has 5 nitrogen and oxygen atoms in total. The molecule has 1 aromatic rings. The first-order chi connectivity index (χ1) is 6.51. The van der Waals surface area contributed by atoms with Crippen LogP contribution in [0.4, 0.5) is 0 Å². The van der Waals surface area contributed by atoms with Crippen LogP contribution in [0.1, 0.15) is 5.56 Å². The Morgan fingerprint density at radius 3 is 2.86 bits per heavy atom. The summed E-state index contributed by atoms with van der Waals surface area (Å²) in [7, 11) is -1.64. The molecule has 1 N–H and O–H groups in total. The Hall–Kier alpha value is -1.14. The Labute approximate surface area is 83.2 Å². The van der Waals surface area contributed by atoms with Crippen LogP contribution in [0.3, 0.4) is 0 Å². The van der Waals surface area contributed by atoms with E-state index < -0.39 is 10.0 Å². The van der Waals surface area contributed by atoms with Crippen molar-refractivity contribution < 1.29 is 13.2 Å². The Morgan fingerprint density at radius 2 is 2.29 bits per heavy atom. The quantitative estimate of drug-likeness (QED) is 0.777. The molecule has 0 saturated carbocycles. The van der Waals surface area contributed by atoms with E-state index in [2.05, 4.69) is 9.71 Å². The summed E-state index contributed by atoms with van der Waals surface area (Å²) in [5, 5.41) is 0. The van der Waals surface area contributed by atoms with E-state index in [-0.39, 0.29) is 6.54 Å². The fraction of sp³-hybridized carbons (Fsp3) is 0.375. The minimum absolute atomic E-state index is 0.248. The standard InChI is InChI=1S/C8H12N2O3S/c1-13-8-5-7(3-4-9-8)6-10-14(2,11)12/h3-5,10H,6H2,1-2H3. The Balaban J connectivity index is 2.68. The molecule has 1 aromatic heterocycles. The van der Waals surface area contributed by atoms with Crippen molar-refractivity contribution in [3.05, 3.63) is 23.9 Å². The molecule has 0 fully saturated rings. The Kier molecular flexibility index (Phi) is 3.43. The molecule has 0 unspecified atom stereocenters. The van der Waals surface area contributed by atoms with E-state index in [4.69, 9.17) is 4.74 Å². The smallest absolute Gasteiger partial charge is 0.213 e. The van der Waals surface area contributed by atoms with Gasteiger partial charge in [-0.05, 0) is 11.6 Å². The molecule has 0 aliphatic heterocycles. The van der Waals surface area contributed by atoms with E-state index in [0.717, 1.165) is 11.8 Å². The first kappa shape index (κ1) is 10.9. The molecule has 0 saturated heterocycles. The number of nitrogens with zero attached hydrogens (tertiary/aromatic N) is 1. The van der Waals surface area contributed by atoms with E-state index >= 15 is 0 Å². The molecule has 0 radical (unpaired) electrons. The number of rotatable bonds is 4. The summed E-state index contributed by atoms with van der Waals surface area (Å²) in [5.41, 5.74) is 0.808. The third-order valence-corrected chi connectivity index (χ3v) is 2.22. The van der Waals surface area contributed by atoms with E-state index in [1.165, 1.54) is 7.11 Å². The Bertz CT molecular complexity index is 403. The fourth-order valence-corrected chi connectivity index (χ4v) is 1.32. The lowest BCUT2D eigenvalue weighted by Gasteiger charge is -2.03. The third kappa shape index (κ3) is 3.71. The predicted octanol–water partition coefficient (Wildman–Crippen LogP) is 0.139. The largest absolute Gasteiger partial charge is 0.481 e. The van der Waals surface area contributed by atoms with Crippen LogP contribution in [0.15, 0.2) is 18.3 Å². The Morgan fingerprint density at radius 1 is 1.57 bits per heavy atom. The lowest BCUT2D eigenvalue weighted by molar-refractivity contribution is 0.397. The van der Waals surface area contributed by atoms with Crippen LogP contribution in [0.5, 0.6) is 5.88 Å². The normalized spacial score (nSPS) is 11.3. The first-order valence-corrected chi connectivity index (χ1v) is 5.84. The van der Waals surface area contributed by atoms with Crippen LogP contribution in [0.25, 0.3) is 0 Å². The van der Waals surface area contributed by atoms with Gasteiger partial charge in [-0.3, -0.25) is 0 Å². The van der Waals surface area contributed by atoms with Gasteiger partial charge in [0.2, 0.25) is 15.9 Å². The average molecular weight is 216 g/mol. The van der Waals surface area contributed by atoms with Crippen LogP contribution < -0.4 is 9.46 Å². The molecular weight excluding hydrogens is 204 g/mol. The summed E-state index contributed by atoms with van der Waals surface area (Å²) in [6, 6.07) is 3.40. The van der Waals surface area contributed by atoms with Crippen molar-refractivity contribution in [1.29, 1.82) is 0 Å². The summed E-state index contributed by atoms with van der Waals surface area (Å²) in [5.74, 6) is 0.470. The molecule has 0 aromatic carbocycles. The second kappa shape index (κ2) is 4.39. The summed E-state index contributed by atoms with van der Waals surface area (Å²) >= 11 is 0. The summed E-state index contributed by atoms with van der Waals surface area (Å²) in [4.78, 5) is 3.90.